The minimum Gasteiger partial charge on any atom is -0.497 e. The Morgan fingerprint density at radius 1 is 0.750 bits per heavy atom. The largest absolute Gasteiger partial charge is 0.497 e. The lowest BCUT2D eigenvalue weighted by molar-refractivity contribution is 0.415. The summed E-state index contributed by atoms with van der Waals surface area (Å²) in [5.74, 6) is 2.22. The molecule has 122 valence electrons. The Balaban J connectivity index is 2.07. The molecule has 5 nitrogen and oxygen atoms in total. The van der Waals surface area contributed by atoms with E-state index in [4.69, 9.17) is 15.2 Å². The third-order valence-corrected chi connectivity index (χ3v) is 3.85. The van der Waals surface area contributed by atoms with Gasteiger partial charge in [-0.2, -0.15) is 0 Å². The van der Waals surface area contributed by atoms with Crippen molar-refractivity contribution in [3.8, 4) is 34.1 Å². The second kappa shape index (κ2) is 6.58. The number of benzene rings is 2. The molecule has 3 aromatic rings. The number of anilines is 1. The smallest absolute Gasteiger partial charge is 0.160 e. The zero-order chi connectivity index (χ0) is 17.1. The van der Waals surface area contributed by atoms with Crippen molar-refractivity contribution in [1.29, 1.82) is 0 Å². The van der Waals surface area contributed by atoms with Crippen molar-refractivity contribution in [3.05, 3.63) is 54.2 Å². The zero-order valence-electron chi connectivity index (χ0n) is 13.9. The number of aromatic nitrogens is 2. The minimum atomic E-state index is 0.581. The van der Waals surface area contributed by atoms with E-state index in [0.717, 1.165) is 34.0 Å². The van der Waals surface area contributed by atoms with E-state index in [1.807, 2.05) is 55.5 Å². The fourth-order valence-corrected chi connectivity index (χ4v) is 2.42. The first-order valence-electron chi connectivity index (χ1n) is 7.55. The van der Waals surface area contributed by atoms with Crippen LogP contribution in [0.15, 0.2) is 48.5 Å². The monoisotopic (exact) mass is 321 g/mol. The Bertz CT molecular complexity index is 844. The summed E-state index contributed by atoms with van der Waals surface area (Å²) in [6, 6.07) is 15.3. The highest BCUT2D eigenvalue weighted by molar-refractivity contribution is 5.76. The highest BCUT2D eigenvalue weighted by Crippen LogP contribution is 2.30. The molecule has 0 unspecified atom stereocenters. The van der Waals surface area contributed by atoms with E-state index in [1.54, 1.807) is 14.2 Å². The third kappa shape index (κ3) is 3.01. The standard InChI is InChI=1S/C19H19N3O2/c1-12-17(20)18(13-4-8-15(23-2)9-5-13)22-19(21-12)14-6-10-16(24-3)11-7-14/h4-11H,20H2,1-3H3. The molecule has 0 spiro atoms. The fourth-order valence-electron chi connectivity index (χ4n) is 2.42. The Morgan fingerprint density at radius 2 is 1.25 bits per heavy atom. The van der Waals surface area contributed by atoms with E-state index in [1.165, 1.54) is 0 Å². The van der Waals surface area contributed by atoms with Crippen LogP contribution in [-0.4, -0.2) is 24.2 Å². The lowest BCUT2D eigenvalue weighted by atomic mass is 10.1. The van der Waals surface area contributed by atoms with Gasteiger partial charge < -0.3 is 15.2 Å². The van der Waals surface area contributed by atoms with Crippen molar-refractivity contribution >= 4 is 5.69 Å². The van der Waals surface area contributed by atoms with Crippen LogP contribution in [0.25, 0.3) is 22.6 Å². The Hall–Kier alpha value is -3.08. The van der Waals surface area contributed by atoms with E-state index in [0.29, 0.717) is 11.5 Å². The average molecular weight is 321 g/mol. The summed E-state index contributed by atoms with van der Waals surface area (Å²) >= 11 is 0. The van der Waals surface area contributed by atoms with Crippen LogP contribution < -0.4 is 15.2 Å². The number of rotatable bonds is 4. The Morgan fingerprint density at radius 3 is 1.75 bits per heavy atom. The van der Waals surface area contributed by atoms with E-state index >= 15 is 0 Å². The van der Waals surface area contributed by atoms with Gasteiger partial charge in [0.25, 0.3) is 0 Å². The van der Waals surface area contributed by atoms with Crippen LogP contribution >= 0.6 is 0 Å². The predicted molar refractivity (Wildman–Crippen MR) is 95.2 cm³/mol. The maximum Gasteiger partial charge on any atom is 0.160 e. The normalized spacial score (nSPS) is 10.5. The number of hydrogen-bond acceptors (Lipinski definition) is 5. The molecule has 0 radical (unpaired) electrons. The maximum atomic E-state index is 6.20. The van der Waals surface area contributed by atoms with Crippen molar-refractivity contribution < 1.29 is 9.47 Å². The van der Waals surface area contributed by atoms with Gasteiger partial charge in [0, 0.05) is 11.1 Å². The molecule has 1 heterocycles. The van der Waals surface area contributed by atoms with Crippen molar-refractivity contribution in [2.75, 3.05) is 20.0 Å². The van der Waals surface area contributed by atoms with Crippen molar-refractivity contribution in [2.45, 2.75) is 6.92 Å². The van der Waals surface area contributed by atoms with Crippen LogP contribution in [-0.2, 0) is 0 Å². The number of hydrogen-bond donors (Lipinski definition) is 1. The molecule has 1 aromatic heterocycles. The minimum absolute atomic E-state index is 0.581. The molecule has 0 atom stereocenters. The first kappa shape index (κ1) is 15.8. The summed E-state index contributed by atoms with van der Waals surface area (Å²) in [5, 5.41) is 0. The van der Waals surface area contributed by atoms with E-state index in [2.05, 4.69) is 9.97 Å². The van der Waals surface area contributed by atoms with E-state index in [9.17, 15) is 0 Å². The average Bonchev–Trinajstić information content (AvgIpc) is 2.64. The lowest BCUT2D eigenvalue weighted by Gasteiger charge is -2.11. The highest BCUT2D eigenvalue weighted by atomic mass is 16.5. The summed E-state index contributed by atoms with van der Waals surface area (Å²) < 4.78 is 10.4. The number of aryl methyl sites for hydroxylation is 1. The fraction of sp³-hybridized carbons (Fsp3) is 0.158. The molecule has 2 N–H and O–H groups in total. The lowest BCUT2D eigenvalue weighted by Crippen LogP contribution is -2.02. The van der Waals surface area contributed by atoms with Gasteiger partial charge >= 0.3 is 0 Å². The van der Waals surface area contributed by atoms with Crippen LogP contribution in [0.1, 0.15) is 5.69 Å². The third-order valence-electron chi connectivity index (χ3n) is 3.85. The quantitative estimate of drug-likeness (QED) is 0.793. The second-order valence-corrected chi connectivity index (χ2v) is 5.35. The zero-order valence-corrected chi connectivity index (χ0v) is 13.9. The van der Waals surface area contributed by atoms with Gasteiger partial charge in [-0.15, -0.1) is 0 Å². The molecule has 0 aliphatic carbocycles. The van der Waals surface area contributed by atoms with Crippen molar-refractivity contribution in [1.82, 2.24) is 9.97 Å². The first-order chi connectivity index (χ1) is 11.6. The summed E-state index contributed by atoms with van der Waals surface area (Å²) in [6.07, 6.45) is 0. The number of nitrogen functional groups attached to an aromatic ring is 1. The topological polar surface area (TPSA) is 70.3 Å². The molecule has 0 saturated carbocycles. The summed E-state index contributed by atoms with van der Waals surface area (Å²) in [4.78, 5) is 9.18. The second-order valence-electron chi connectivity index (χ2n) is 5.35. The Labute approximate surface area is 141 Å². The van der Waals surface area contributed by atoms with Crippen LogP contribution in [0.3, 0.4) is 0 Å². The molecule has 5 heteroatoms. The van der Waals surface area contributed by atoms with Gasteiger partial charge in [-0.05, 0) is 55.5 Å². The van der Waals surface area contributed by atoms with E-state index in [-0.39, 0.29) is 0 Å². The van der Waals surface area contributed by atoms with Crippen LogP contribution in [0.2, 0.25) is 0 Å². The van der Waals surface area contributed by atoms with Crippen LogP contribution in [0, 0.1) is 6.92 Å². The number of nitrogens with zero attached hydrogens (tertiary/aromatic N) is 2. The first-order valence-corrected chi connectivity index (χ1v) is 7.55. The molecule has 0 amide bonds. The van der Waals surface area contributed by atoms with Gasteiger partial charge in [0.05, 0.1) is 31.3 Å². The van der Waals surface area contributed by atoms with Gasteiger partial charge in [-0.3, -0.25) is 0 Å². The van der Waals surface area contributed by atoms with Gasteiger partial charge in [-0.1, -0.05) is 0 Å². The summed E-state index contributed by atoms with van der Waals surface area (Å²) in [5.41, 5.74) is 10.1. The SMILES string of the molecule is COc1ccc(-c2nc(C)c(N)c(-c3ccc(OC)cc3)n2)cc1. The molecule has 2 aromatic carbocycles. The number of nitrogens with two attached hydrogens (primary N) is 1. The van der Waals surface area contributed by atoms with Crippen molar-refractivity contribution in [3.63, 3.8) is 0 Å². The molecule has 0 bridgehead atoms. The number of ether oxygens (including phenoxy) is 2. The van der Waals surface area contributed by atoms with Crippen LogP contribution in [0.4, 0.5) is 5.69 Å². The van der Waals surface area contributed by atoms with Gasteiger partial charge in [0.1, 0.15) is 11.5 Å². The summed E-state index contributed by atoms with van der Waals surface area (Å²) in [7, 11) is 3.28. The van der Waals surface area contributed by atoms with Crippen LogP contribution in [0.5, 0.6) is 11.5 Å². The molecule has 24 heavy (non-hydrogen) atoms. The van der Waals surface area contributed by atoms with Gasteiger partial charge in [0.2, 0.25) is 0 Å². The van der Waals surface area contributed by atoms with Gasteiger partial charge in [0.15, 0.2) is 5.82 Å². The predicted octanol–water partition coefficient (Wildman–Crippen LogP) is 3.72. The molecule has 0 fully saturated rings. The number of methoxy groups -OCH3 is 2. The maximum absolute atomic E-state index is 6.20. The summed E-state index contributed by atoms with van der Waals surface area (Å²) in [6.45, 7) is 1.89. The molecule has 0 saturated heterocycles. The van der Waals surface area contributed by atoms with Crippen molar-refractivity contribution in [2.24, 2.45) is 0 Å². The van der Waals surface area contributed by atoms with E-state index < -0.39 is 0 Å². The highest BCUT2D eigenvalue weighted by Gasteiger charge is 2.12. The Kier molecular flexibility index (Phi) is 4.33. The van der Waals surface area contributed by atoms with Gasteiger partial charge in [-0.25, -0.2) is 9.97 Å². The molecule has 0 aliphatic rings. The molecule has 0 aliphatic heterocycles. The molecular weight excluding hydrogens is 302 g/mol. The molecular formula is C19H19N3O2. The molecule has 3 rings (SSSR count).